The number of hydrogen-bond donors (Lipinski definition) is 0. The van der Waals surface area contributed by atoms with Gasteiger partial charge in [0.15, 0.2) is 11.5 Å². The summed E-state index contributed by atoms with van der Waals surface area (Å²) in [6.45, 7) is 1.70. The Kier molecular flexibility index (Phi) is 2.68. The molecule has 90 valence electrons. The Morgan fingerprint density at radius 2 is 2.47 bits per heavy atom. The van der Waals surface area contributed by atoms with E-state index in [1.54, 1.807) is 11.6 Å². The second-order valence-corrected chi connectivity index (χ2v) is 4.33. The normalized spacial score (nSPS) is 19.9. The van der Waals surface area contributed by atoms with Crippen molar-refractivity contribution in [1.82, 2.24) is 14.6 Å². The maximum Gasteiger partial charge on any atom is 0.155 e. The fraction of sp³-hybridized carbons (Fsp3) is 0.500. The van der Waals surface area contributed by atoms with Crippen molar-refractivity contribution in [3.8, 4) is 5.75 Å². The van der Waals surface area contributed by atoms with E-state index in [1.165, 1.54) is 0 Å². The molecule has 1 saturated heterocycles. The Morgan fingerprint density at radius 3 is 3.24 bits per heavy atom. The predicted octanol–water partition coefficient (Wildman–Crippen LogP) is 1.32. The topological polar surface area (TPSA) is 48.7 Å². The molecule has 1 aliphatic heterocycles. The number of aromatic nitrogens is 3. The third kappa shape index (κ3) is 2.10. The number of fused-ring (bicyclic) bond motifs is 1. The minimum absolute atomic E-state index is 0.564. The SMILES string of the molecule is COc1ccc2nc(CC3CCOC3)nn2c1. The Balaban J connectivity index is 1.85. The molecule has 3 heterocycles. The highest BCUT2D eigenvalue weighted by atomic mass is 16.5. The van der Waals surface area contributed by atoms with Crippen LogP contribution in [0, 0.1) is 5.92 Å². The Bertz CT molecular complexity index is 517. The highest BCUT2D eigenvalue weighted by Crippen LogP contribution is 2.17. The summed E-state index contributed by atoms with van der Waals surface area (Å²) < 4.78 is 12.3. The molecule has 2 aromatic heterocycles. The van der Waals surface area contributed by atoms with Crippen LogP contribution in [0.4, 0.5) is 0 Å². The molecule has 5 nitrogen and oxygen atoms in total. The molecule has 3 rings (SSSR count). The van der Waals surface area contributed by atoms with E-state index in [9.17, 15) is 0 Å². The lowest BCUT2D eigenvalue weighted by Crippen LogP contribution is -2.05. The molecule has 0 spiro atoms. The minimum atomic E-state index is 0.564. The lowest BCUT2D eigenvalue weighted by atomic mass is 10.1. The van der Waals surface area contributed by atoms with Gasteiger partial charge in [-0.05, 0) is 24.5 Å². The van der Waals surface area contributed by atoms with Gasteiger partial charge in [0, 0.05) is 19.6 Å². The fourth-order valence-corrected chi connectivity index (χ4v) is 2.12. The van der Waals surface area contributed by atoms with Crippen LogP contribution in [0.15, 0.2) is 18.3 Å². The molecule has 5 heteroatoms. The smallest absolute Gasteiger partial charge is 0.155 e. The van der Waals surface area contributed by atoms with Gasteiger partial charge in [-0.25, -0.2) is 9.50 Å². The summed E-state index contributed by atoms with van der Waals surface area (Å²) in [5.41, 5.74) is 0.861. The predicted molar refractivity (Wildman–Crippen MR) is 62.2 cm³/mol. The first-order valence-corrected chi connectivity index (χ1v) is 5.82. The van der Waals surface area contributed by atoms with Crippen LogP contribution in [0.2, 0.25) is 0 Å². The lowest BCUT2D eigenvalue weighted by Gasteiger charge is -2.01. The van der Waals surface area contributed by atoms with Gasteiger partial charge in [-0.15, -0.1) is 0 Å². The van der Waals surface area contributed by atoms with Crippen LogP contribution in [0.5, 0.6) is 5.75 Å². The molecule has 17 heavy (non-hydrogen) atoms. The van der Waals surface area contributed by atoms with E-state index in [1.807, 2.05) is 18.3 Å². The average Bonchev–Trinajstić information content (AvgIpc) is 2.96. The Morgan fingerprint density at radius 1 is 1.53 bits per heavy atom. The van der Waals surface area contributed by atoms with Gasteiger partial charge in [0.1, 0.15) is 5.75 Å². The second kappa shape index (κ2) is 4.33. The molecule has 1 atom stereocenters. The summed E-state index contributed by atoms with van der Waals surface area (Å²) in [5, 5.41) is 4.45. The first-order valence-electron chi connectivity index (χ1n) is 5.82. The minimum Gasteiger partial charge on any atom is -0.495 e. The molecular formula is C12H15N3O2. The molecule has 0 bridgehead atoms. The fourth-order valence-electron chi connectivity index (χ4n) is 2.12. The molecule has 1 unspecified atom stereocenters. The van der Waals surface area contributed by atoms with Crippen LogP contribution in [-0.2, 0) is 11.2 Å². The van der Waals surface area contributed by atoms with Crippen LogP contribution >= 0.6 is 0 Å². The number of rotatable bonds is 3. The van der Waals surface area contributed by atoms with Crippen molar-refractivity contribution in [3.63, 3.8) is 0 Å². The number of nitrogens with zero attached hydrogens (tertiary/aromatic N) is 3. The molecule has 0 saturated carbocycles. The van der Waals surface area contributed by atoms with Crippen molar-refractivity contribution < 1.29 is 9.47 Å². The van der Waals surface area contributed by atoms with Crippen molar-refractivity contribution in [2.75, 3.05) is 20.3 Å². The Labute approximate surface area is 99.4 Å². The van der Waals surface area contributed by atoms with Crippen molar-refractivity contribution in [2.45, 2.75) is 12.8 Å². The number of ether oxygens (including phenoxy) is 2. The summed E-state index contributed by atoms with van der Waals surface area (Å²) in [6, 6.07) is 3.81. The lowest BCUT2D eigenvalue weighted by molar-refractivity contribution is 0.185. The van der Waals surface area contributed by atoms with Gasteiger partial charge < -0.3 is 9.47 Å². The van der Waals surface area contributed by atoms with E-state index in [2.05, 4.69) is 10.1 Å². The van der Waals surface area contributed by atoms with Gasteiger partial charge in [0.25, 0.3) is 0 Å². The van der Waals surface area contributed by atoms with Gasteiger partial charge in [-0.3, -0.25) is 0 Å². The van der Waals surface area contributed by atoms with E-state index in [4.69, 9.17) is 9.47 Å². The highest BCUT2D eigenvalue weighted by molar-refractivity contribution is 5.40. The van der Waals surface area contributed by atoms with Crippen LogP contribution in [0.25, 0.3) is 5.65 Å². The third-order valence-corrected chi connectivity index (χ3v) is 3.08. The zero-order valence-corrected chi connectivity index (χ0v) is 9.80. The first-order chi connectivity index (χ1) is 8.35. The van der Waals surface area contributed by atoms with Crippen molar-refractivity contribution in [1.29, 1.82) is 0 Å². The molecule has 1 aliphatic rings. The molecular weight excluding hydrogens is 218 g/mol. The number of hydrogen-bond acceptors (Lipinski definition) is 4. The zero-order chi connectivity index (χ0) is 11.7. The molecule has 1 fully saturated rings. The first kappa shape index (κ1) is 10.5. The number of pyridine rings is 1. The molecule has 2 aromatic rings. The molecule has 0 amide bonds. The number of methoxy groups -OCH3 is 1. The Hall–Kier alpha value is -1.62. The quantitative estimate of drug-likeness (QED) is 0.802. The third-order valence-electron chi connectivity index (χ3n) is 3.08. The van der Waals surface area contributed by atoms with Crippen LogP contribution in [0.1, 0.15) is 12.2 Å². The van der Waals surface area contributed by atoms with Gasteiger partial charge in [-0.1, -0.05) is 0 Å². The average molecular weight is 233 g/mol. The van der Waals surface area contributed by atoms with Gasteiger partial charge in [-0.2, -0.15) is 5.10 Å². The largest absolute Gasteiger partial charge is 0.495 e. The zero-order valence-electron chi connectivity index (χ0n) is 9.80. The maximum atomic E-state index is 5.36. The molecule has 0 aromatic carbocycles. The second-order valence-electron chi connectivity index (χ2n) is 4.33. The highest BCUT2D eigenvalue weighted by Gasteiger charge is 2.18. The summed E-state index contributed by atoms with van der Waals surface area (Å²) in [4.78, 5) is 4.49. The van der Waals surface area contributed by atoms with E-state index < -0.39 is 0 Å². The van der Waals surface area contributed by atoms with Gasteiger partial charge in [0.2, 0.25) is 0 Å². The van der Waals surface area contributed by atoms with E-state index >= 15 is 0 Å². The van der Waals surface area contributed by atoms with E-state index in [0.29, 0.717) is 5.92 Å². The van der Waals surface area contributed by atoms with Crippen molar-refractivity contribution in [3.05, 3.63) is 24.2 Å². The summed E-state index contributed by atoms with van der Waals surface area (Å²) in [7, 11) is 1.65. The maximum absolute atomic E-state index is 5.36. The van der Waals surface area contributed by atoms with Crippen molar-refractivity contribution in [2.24, 2.45) is 5.92 Å². The van der Waals surface area contributed by atoms with Crippen LogP contribution in [-0.4, -0.2) is 34.9 Å². The van der Waals surface area contributed by atoms with E-state index in [-0.39, 0.29) is 0 Å². The molecule has 0 N–H and O–H groups in total. The van der Waals surface area contributed by atoms with Crippen molar-refractivity contribution >= 4 is 5.65 Å². The monoisotopic (exact) mass is 233 g/mol. The van der Waals surface area contributed by atoms with Gasteiger partial charge >= 0.3 is 0 Å². The van der Waals surface area contributed by atoms with Crippen LogP contribution in [0.3, 0.4) is 0 Å². The van der Waals surface area contributed by atoms with Crippen LogP contribution < -0.4 is 4.74 Å². The summed E-state index contributed by atoms with van der Waals surface area (Å²) in [6.07, 6.45) is 3.85. The standard InChI is InChI=1S/C12H15N3O2/c1-16-10-2-3-12-13-11(14-15(12)7-10)6-9-4-5-17-8-9/h2-3,7,9H,4-6,8H2,1H3. The molecule has 0 radical (unpaired) electrons. The van der Waals surface area contributed by atoms with Gasteiger partial charge in [0.05, 0.1) is 13.3 Å². The van der Waals surface area contributed by atoms with E-state index in [0.717, 1.165) is 43.3 Å². The summed E-state index contributed by atoms with van der Waals surface area (Å²) in [5.74, 6) is 2.24. The summed E-state index contributed by atoms with van der Waals surface area (Å²) >= 11 is 0. The molecule has 0 aliphatic carbocycles.